The number of fused-ring (bicyclic) bond motifs is 1. The van der Waals surface area contributed by atoms with Crippen molar-refractivity contribution in [2.24, 2.45) is 14.1 Å². The lowest BCUT2D eigenvalue weighted by Crippen LogP contribution is -2.22. The molecule has 0 fully saturated rings. The van der Waals surface area contributed by atoms with Crippen LogP contribution in [0.5, 0.6) is 0 Å². The lowest BCUT2D eigenvalue weighted by molar-refractivity contribution is 0.0494. The summed E-state index contributed by atoms with van der Waals surface area (Å²) in [6, 6.07) is 10.6. The predicted molar refractivity (Wildman–Crippen MR) is 164 cm³/mol. The summed E-state index contributed by atoms with van der Waals surface area (Å²) in [7, 11) is 3.56. The number of anilines is 1. The highest BCUT2D eigenvalue weighted by molar-refractivity contribution is 6.29. The van der Waals surface area contributed by atoms with E-state index in [9.17, 15) is 9.59 Å². The topological polar surface area (TPSA) is 117 Å². The molecule has 4 heterocycles. The van der Waals surface area contributed by atoms with E-state index < -0.39 is 5.97 Å². The van der Waals surface area contributed by atoms with Gasteiger partial charge in [0.2, 0.25) is 0 Å². The van der Waals surface area contributed by atoms with E-state index in [1.54, 1.807) is 36.3 Å². The number of carbonyl (C=O) groups excluding carboxylic acids is 1. The average molecular weight is 586 g/mol. The van der Waals surface area contributed by atoms with E-state index in [4.69, 9.17) is 21.3 Å². The van der Waals surface area contributed by atoms with E-state index in [2.05, 4.69) is 20.4 Å². The van der Waals surface area contributed by atoms with Crippen LogP contribution in [0.15, 0.2) is 59.8 Å². The normalized spacial score (nSPS) is 12.0. The quantitative estimate of drug-likeness (QED) is 0.129. The zero-order chi connectivity index (χ0) is 30.0. The Morgan fingerprint density at radius 2 is 1.90 bits per heavy atom. The van der Waals surface area contributed by atoms with E-state index in [0.29, 0.717) is 34.6 Å². The second-order valence-electron chi connectivity index (χ2n) is 10.3. The minimum Gasteiger partial charge on any atom is -0.461 e. The molecule has 0 aliphatic rings. The Kier molecular flexibility index (Phi) is 8.35. The molecule has 42 heavy (non-hydrogen) atoms. The van der Waals surface area contributed by atoms with Gasteiger partial charge in [-0.2, -0.15) is 5.10 Å². The molecule has 1 unspecified atom stereocenters. The van der Waals surface area contributed by atoms with E-state index in [-0.39, 0.29) is 22.4 Å². The number of aryl methyl sites for hydroxylation is 2. The summed E-state index contributed by atoms with van der Waals surface area (Å²) in [5, 5.41) is 8.27. The molecule has 1 N–H and O–H groups in total. The smallest absolute Gasteiger partial charge is 0.359 e. The van der Waals surface area contributed by atoms with Gasteiger partial charge >= 0.3 is 5.97 Å². The van der Waals surface area contributed by atoms with Crippen molar-refractivity contribution in [3.05, 3.63) is 87.3 Å². The molecule has 0 saturated carbocycles. The van der Waals surface area contributed by atoms with Gasteiger partial charge in [-0.15, -0.1) is 0 Å². The van der Waals surface area contributed by atoms with Gasteiger partial charge in [0, 0.05) is 43.2 Å². The minimum absolute atomic E-state index is 0.103. The fourth-order valence-electron chi connectivity index (χ4n) is 4.79. The molecule has 0 aliphatic carbocycles. The molecule has 0 saturated heterocycles. The van der Waals surface area contributed by atoms with Crippen molar-refractivity contribution in [1.29, 1.82) is 0 Å². The van der Waals surface area contributed by atoms with Crippen LogP contribution >= 0.6 is 11.6 Å². The van der Waals surface area contributed by atoms with Crippen molar-refractivity contribution >= 4 is 34.2 Å². The van der Waals surface area contributed by atoms with E-state index >= 15 is 0 Å². The van der Waals surface area contributed by atoms with Crippen LogP contribution in [0, 0.1) is 6.92 Å². The third-order valence-electron chi connectivity index (χ3n) is 7.00. The largest absolute Gasteiger partial charge is 0.461 e. The Bertz CT molecular complexity index is 1830. The first-order valence-corrected chi connectivity index (χ1v) is 14.1. The number of unbranched alkanes of at least 4 members (excludes halogenated alkanes) is 1. The van der Waals surface area contributed by atoms with Crippen molar-refractivity contribution in [2.75, 3.05) is 11.9 Å². The number of pyridine rings is 2. The Hall–Kier alpha value is -4.57. The minimum atomic E-state index is -0.550. The third kappa shape index (κ3) is 5.89. The lowest BCUT2D eigenvalue weighted by Gasteiger charge is -2.20. The molecule has 10 nitrogen and oxygen atoms in total. The number of nitrogens with zero attached hydrogens (tertiary/aromatic N) is 6. The van der Waals surface area contributed by atoms with E-state index in [0.717, 1.165) is 35.2 Å². The summed E-state index contributed by atoms with van der Waals surface area (Å²) in [6.07, 6.45) is 7.01. The summed E-state index contributed by atoms with van der Waals surface area (Å²) in [5.74, 6) is -0.0605. The predicted octanol–water partition coefficient (Wildman–Crippen LogP) is 5.88. The number of nitrogens with one attached hydrogen (secondary N) is 1. The first-order chi connectivity index (χ1) is 20.2. The summed E-state index contributed by atoms with van der Waals surface area (Å²) in [4.78, 5) is 40.2. The molecule has 0 aliphatic heterocycles. The van der Waals surface area contributed by atoms with Gasteiger partial charge in [0.05, 0.1) is 41.1 Å². The molecule has 1 aromatic carbocycles. The summed E-state index contributed by atoms with van der Waals surface area (Å²) in [5.41, 5.74) is 5.04. The van der Waals surface area contributed by atoms with Gasteiger partial charge in [-0.3, -0.25) is 19.0 Å². The molecular formula is C31H32ClN7O3. The number of halogens is 1. The van der Waals surface area contributed by atoms with Crippen molar-refractivity contribution in [3.8, 4) is 22.6 Å². The average Bonchev–Trinajstić information content (AvgIpc) is 3.42. The van der Waals surface area contributed by atoms with Crippen LogP contribution < -0.4 is 10.9 Å². The maximum absolute atomic E-state index is 13.6. The van der Waals surface area contributed by atoms with Crippen LogP contribution in [0.1, 0.15) is 54.3 Å². The Balaban J connectivity index is 1.54. The fraction of sp³-hybridized carbons (Fsp3) is 0.290. The van der Waals surface area contributed by atoms with Crippen LogP contribution in [0.2, 0.25) is 5.15 Å². The van der Waals surface area contributed by atoms with E-state index in [1.165, 1.54) is 4.57 Å². The first-order valence-electron chi connectivity index (χ1n) is 13.7. The third-order valence-corrected chi connectivity index (χ3v) is 7.21. The number of esters is 1. The highest BCUT2D eigenvalue weighted by Gasteiger charge is 2.21. The van der Waals surface area contributed by atoms with E-state index in [1.807, 2.05) is 58.3 Å². The van der Waals surface area contributed by atoms with Crippen molar-refractivity contribution in [2.45, 2.75) is 39.7 Å². The van der Waals surface area contributed by atoms with Gasteiger partial charge in [0.25, 0.3) is 5.56 Å². The van der Waals surface area contributed by atoms with Gasteiger partial charge in [-0.05, 0) is 56.2 Å². The molecule has 5 rings (SSSR count). The number of carbonyl (C=O) groups is 1. The van der Waals surface area contributed by atoms with Crippen LogP contribution in [-0.4, -0.2) is 41.9 Å². The molecule has 5 aromatic rings. The van der Waals surface area contributed by atoms with Crippen molar-refractivity contribution in [1.82, 2.24) is 29.3 Å². The molecule has 11 heteroatoms. The Labute approximate surface area is 248 Å². The summed E-state index contributed by atoms with van der Waals surface area (Å²) < 4.78 is 8.66. The number of aromatic nitrogens is 6. The van der Waals surface area contributed by atoms with Gasteiger partial charge in [-0.1, -0.05) is 31.0 Å². The molecule has 0 radical (unpaired) electrons. The Morgan fingerprint density at radius 1 is 1.10 bits per heavy atom. The van der Waals surface area contributed by atoms with Crippen LogP contribution in [-0.2, 0) is 18.8 Å². The number of ether oxygens (including phenoxy) is 1. The zero-order valence-corrected chi connectivity index (χ0v) is 24.9. The van der Waals surface area contributed by atoms with Gasteiger partial charge in [-0.25, -0.2) is 14.8 Å². The van der Waals surface area contributed by atoms with Crippen LogP contribution in [0.4, 0.5) is 5.69 Å². The first kappa shape index (κ1) is 28.9. The monoisotopic (exact) mass is 585 g/mol. The fourth-order valence-corrected chi connectivity index (χ4v) is 4.93. The summed E-state index contributed by atoms with van der Waals surface area (Å²) >= 11 is 6.13. The molecule has 0 bridgehead atoms. The van der Waals surface area contributed by atoms with Gasteiger partial charge in [0.1, 0.15) is 11.0 Å². The molecule has 0 amide bonds. The van der Waals surface area contributed by atoms with Crippen molar-refractivity contribution < 1.29 is 9.53 Å². The second-order valence-corrected chi connectivity index (χ2v) is 10.7. The standard InChI is InChI=1S/C31H32ClN7O3/c1-6-7-12-42-31(41)28-25(10-11-26(32)36-28)35-19(3)22-13-18(2)14-23-27(22)37-29(39(5)30(23)40)20-8-9-24(33-15-20)21-16-34-38(4)17-21/h8-11,13-17,19,35H,6-7,12H2,1-5H3. The Morgan fingerprint density at radius 3 is 2.60 bits per heavy atom. The molecule has 4 aromatic heterocycles. The number of benzene rings is 1. The molecule has 1 atom stereocenters. The summed E-state index contributed by atoms with van der Waals surface area (Å²) in [6.45, 7) is 6.20. The highest BCUT2D eigenvalue weighted by Crippen LogP contribution is 2.30. The van der Waals surface area contributed by atoms with Gasteiger partial charge < -0.3 is 10.1 Å². The molecule has 0 spiro atoms. The maximum atomic E-state index is 13.6. The zero-order valence-electron chi connectivity index (χ0n) is 24.2. The van der Waals surface area contributed by atoms with Crippen LogP contribution in [0.25, 0.3) is 33.5 Å². The number of hydrogen-bond donors (Lipinski definition) is 1. The lowest BCUT2D eigenvalue weighted by atomic mass is 10.0. The highest BCUT2D eigenvalue weighted by atomic mass is 35.5. The van der Waals surface area contributed by atoms with Gasteiger partial charge in [0.15, 0.2) is 5.69 Å². The molecule has 216 valence electrons. The van der Waals surface area contributed by atoms with Crippen molar-refractivity contribution in [3.63, 3.8) is 0 Å². The second kappa shape index (κ2) is 12.1. The SMILES string of the molecule is CCCCOC(=O)c1nc(Cl)ccc1NC(C)c1cc(C)cc2c(=O)n(C)c(-c3ccc(-c4cnn(C)c4)nc3)nc12. The number of rotatable bonds is 9. The maximum Gasteiger partial charge on any atom is 0.359 e. The number of hydrogen-bond acceptors (Lipinski definition) is 8. The van der Waals surface area contributed by atoms with Crippen LogP contribution in [0.3, 0.4) is 0 Å². The molecular weight excluding hydrogens is 554 g/mol.